The molecule has 9 heteroatoms. The Hall–Kier alpha value is -2.31. The molecule has 0 radical (unpaired) electrons. The average Bonchev–Trinajstić information content (AvgIpc) is 3.09. The quantitative estimate of drug-likeness (QED) is 0.453. The first kappa shape index (κ1) is 22.4. The van der Waals surface area contributed by atoms with Gasteiger partial charge in [0.2, 0.25) is 13.3 Å². The van der Waals surface area contributed by atoms with Crippen molar-refractivity contribution in [3.05, 3.63) is 65.1 Å². The van der Waals surface area contributed by atoms with Gasteiger partial charge < -0.3 is 14.4 Å². The molecule has 2 atom stereocenters. The third kappa shape index (κ3) is 4.40. The van der Waals surface area contributed by atoms with Crippen LogP contribution in [0.5, 0.6) is 11.5 Å². The van der Waals surface area contributed by atoms with Crippen LogP contribution in [0, 0.1) is 0 Å². The molecule has 1 aromatic heterocycles. The van der Waals surface area contributed by atoms with Gasteiger partial charge in [0.05, 0.1) is 19.9 Å². The molecule has 3 aromatic rings. The highest BCUT2D eigenvalue weighted by atomic mass is 35.5. The van der Waals surface area contributed by atoms with E-state index in [1.54, 1.807) is 35.7 Å². The summed E-state index contributed by atoms with van der Waals surface area (Å²) in [5.41, 5.74) is -0.431. The zero-order valence-corrected chi connectivity index (χ0v) is 19.1. The van der Waals surface area contributed by atoms with Crippen LogP contribution in [0.3, 0.4) is 0 Å². The SMILES string of the molecule is C=CN(C(=O)C(c1csc2ccc(Cl)cc12)P(C)(=O)O)c1cc(OC)cc(OC)c1. The van der Waals surface area contributed by atoms with E-state index in [1.165, 1.54) is 43.3 Å². The van der Waals surface area contributed by atoms with E-state index in [9.17, 15) is 14.3 Å². The van der Waals surface area contributed by atoms with Crippen LogP contribution in [-0.4, -0.2) is 31.7 Å². The highest BCUT2D eigenvalue weighted by Gasteiger charge is 2.39. The van der Waals surface area contributed by atoms with Gasteiger partial charge in [-0.2, -0.15) is 0 Å². The van der Waals surface area contributed by atoms with Crippen LogP contribution in [0.15, 0.2) is 54.6 Å². The molecule has 30 heavy (non-hydrogen) atoms. The molecule has 1 N–H and O–H groups in total. The molecule has 3 rings (SSSR count). The number of benzene rings is 2. The van der Waals surface area contributed by atoms with Crippen LogP contribution in [0.2, 0.25) is 5.02 Å². The van der Waals surface area contributed by atoms with E-state index >= 15 is 0 Å². The van der Waals surface area contributed by atoms with Gasteiger partial charge in [0.1, 0.15) is 17.2 Å². The van der Waals surface area contributed by atoms with Crippen molar-refractivity contribution in [3.63, 3.8) is 0 Å². The van der Waals surface area contributed by atoms with Crippen molar-refractivity contribution < 1.29 is 23.7 Å². The number of amides is 1. The topological polar surface area (TPSA) is 76.1 Å². The smallest absolute Gasteiger partial charge is 0.248 e. The van der Waals surface area contributed by atoms with E-state index in [1.807, 2.05) is 6.07 Å². The van der Waals surface area contributed by atoms with Crippen molar-refractivity contribution in [2.24, 2.45) is 0 Å². The molecule has 0 spiro atoms. The summed E-state index contributed by atoms with van der Waals surface area (Å²) in [7, 11) is -0.910. The Morgan fingerprint density at radius 3 is 2.40 bits per heavy atom. The Bertz CT molecular complexity index is 1130. The molecule has 1 amide bonds. The minimum atomic E-state index is -3.90. The highest BCUT2D eigenvalue weighted by molar-refractivity contribution is 7.58. The molecular weight excluding hydrogens is 445 g/mol. The lowest BCUT2D eigenvalue weighted by Gasteiger charge is -2.26. The molecule has 0 saturated heterocycles. The van der Waals surface area contributed by atoms with Crippen LogP contribution >= 0.6 is 30.3 Å². The van der Waals surface area contributed by atoms with E-state index < -0.39 is 18.9 Å². The van der Waals surface area contributed by atoms with E-state index in [4.69, 9.17) is 21.1 Å². The van der Waals surface area contributed by atoms with Gasteiger partial charge in [-0.1, -0.05) is 18.2 Å². The van der Waals surface area contributed by atoms with Gasteiger partial charge in [-0.3, -0.25) is 14.3 Å². The molecule has 2 aromatic carbocycles. The number of ether oxygens (including phenoxy) is 2. The Morgan fingerprint density at radius 2 is 1.87 bits per heavy atom. The number of methoxy groups -OCH3 is 2. The standard InChI is InChI=1S/C21H21ClNO5PS/c1-5-23(14-9-15(27-2)11-16(10-14)28-3)21(24)20(29(4,25)26)18-12-30-19-7-6-13(22)8-17(18)19/h5-12,20H,1H2,2-4H3,(H,25,26). The molecule has 2 unspecified atom stereocenters. The lowest BCUT2D eigenvalue weighted by atomic mass is 10.1. The van der Waals surface area contributed by atoms with Crippen LogP contribution in [0.4, 0.5) is 5.69 Å². The fraction of sp³-hybridized carbons (Fsp3) is 0.190. The number of thiophene rings is 1. The van der Waals surface area contributed by atoms with Crippen molar-refractivity contribution in [1.82, 2.24) is 0 Å². The average molecular weight is 466 g/mol. The van der Waals surface area contributed by atoms with Crippen LogP contribution < -0.4 is 14.4 Å². The summed E-state index contributed by atoms with van der Waals surface area (Å²) in [6, 6.07) is 10.2. The Morgan fingerprint density at radius 1 is 1.23 bits per heavy atom. The monoisotopic (exact) mass is 465 g/mol. The van der Waals surface area contributed by atoms with Crippen molar-refractivity contribution in [2.75, 3.05) is 25.8 Å². The number of hydrogen-bond donors (Lipinski definition) is 1. The van der Waals surface area contributed by atoms with Crippen LogP contribution in [-0.2, 0) is 9.36 Å². The number of carbonyl (C=O) groups is 1. The molecule has 0 aliphatic carbocycles. The number of hydrogen-bond acceptors (Lipinski definition) is 5. The fourth-order valence-electron chi connectivity index (χ4n) is 3.21. The van der Waals surface area contributed by atoms with Gasteiger partial charge in [0.15, 0.2) is 0 Å². The fourth-order valence-corrected chi connectivity index (χ4v) is 5.72. The number of fused-ring (bicyclic) bond motifs is 1. The maximum Gasteiger partial charge on any atom is 0.248 e. The van der Waals surface area contributed by atoms with Gasteiger partial charge >= 0.3 is 0 Å². The Labute approximate surface area is 183 Å². The summed E-state index contributed by atoms with van der Waals surface area (Å²) < 4.78 is 24.3. The van der Waals surface area contributed by atoms with Gasteiger partial charge in [-0.05, 0) is 34.5 Å². The number of carbonyl (C=O) groups excluding carboxylic acids is 1. The molecule has 1 heterocycles. The highest BCUT2D eigenvalue weighted by Crippen LogP contribution is 2.56. The minimum Gasteiger partial charge on any atom is -0.497 e. The lowest BCUT2D eigenvalue weighted by Crippen LogP contribution is -2.30. The molecule has 0 saturated carbocycles. The summed E-state index contributed by atoms with van der Waals surface area (Å²) in [6.07, 6.45) is 1.31. The second-order valence-corrected chi connectivity index (χ2v) is 10.4. The normalized spacial score (nSPS) is 14.0. The van der Waals surface area contributed by atoms with Gasteiger partial charge in [0, 0.05) is 40.8 Å². The van der Waals surface area contributed by atoms with Crippen molar-refractivity contribution in [1.29, 1.82) is 0 Å². The van der Waals surface area contributed by atoms with Crippen molar-refractivity contribution in [2.45, 2.75) is 5.66 Å². The third-order valence-corrected chi connectivity index (χ3v) is 7.28. The molecule has 0 aliphatic heterocycles. The summed E-state index contributed by atoms with van der Waals surface area (Å²) >= 11 is 7.52. The lowest BCUT2D eigenvalue weighted by molar-refractivity contribution is -0.117. The summed E-state index contributed by atoms with van der Waals surface area (Å²) in [5.74, 6) is 0.349. The predicted molar refractivity (Wildman–Crippen MR) is 123 cm³/mol. The maximum absolute atomic E-state index is 13.6. The Balaban J connectivity index is 2.14. The molecule has 6 nitrogen and oxygen atoms in total. The number of halogens is 1. The number of rotatable bonds is 7. The largest absolute Gasteiger partial charge is 0.497 e. The van der Waals surface area contributed by atoms with Crippen LogP contribution in [0.1, 0.15) is 11.2 Å². The van der Waals surface area contributed by atoms with Gasteiger partial charge in [-0.15, -0.1) is 11.3 Å². The first-order valence-electron chi connectivity index (χ1n) is 8.85. The van der Waals surface area contributed by atoms with E-state index in [2.05, 4.69) is 6.58 Å². The van der Waals surface area contributed by atoms with Gasteiger partial charge in [-0.25, -0.2) is 0 Å². The molecule has 158 valence electrons. The first-order valence-corrected chi connectivity index (χ1v) is 12.3. The molecular formula is C21H21ClNO5PS. The molecule has 0 fully saturated rings. The van der Waals surface area contributed by atoms with Crippen molar-refractivity contribution >= 4 is 52.0 Å². The molecule has 0 bridgehead atoms. The summed E-state index contributed by atoms with van der Waals surface area (Å²) in [6.45, 7) is 4.90. The summed E-state index contributed by atoms with van der Waals surface area (Å²) in [5, 5.41) is 2.88. The van der Waals surface area contributed by atoms with E-state index in [0.717, 1.165) is 4.70 Å². The third-order valence-electron chi connectivity index (χ3n) is 4.61. The number of nitrogens with zero attached hydrogens (tertiary/aromatic N) is 1. The first-order chi connectivity index (χ1) is 14.2. The maximum atomic E-state index is 13.6. The minimum absolute atomic E-state index is 0.405. The zero-order chi connectivity index (χ0) is 22.1. The predicted octanol–water partition coefficient (Wildman–Crippen LogP) is 5.69. The zero-order valence-electron chi connectivity index (χ0n) is 16.7. The second-order valence-electron chi connectivity index (χ2n) is 6.64. The second kappa shape index (κ2) is 8.82. The van der Waals surface area contributed by atoms with E-state index in [0.29, 0.717) is 33.2 Å². The van der Waals surface area contributed by atoms with Crippen molar-refractivity contribution in [3.8, 4) is 11.5 Å². The van der Waals surface area contributed by atoms with Gasteiger partial charge in [0.25, 0.3) is 0 Å². The molecule has 0 aliphatic rings. The van der Waals surface area contributed by atoms with Crippen LogP contribution in [0.25, 0.3) is 10.1 Å². The number of anilines is 1. The van der Waals surface area contributed by atoms with E-state index in [-0.39, 0.29) is 0 Å². The summed E-state index contributed by atoms with van der Waals surface area (Å²) in [4.78, 5) is 25.3. The Kier molecular flexibility index (Phi) is 6.58.